The van der Waals surface area contributed by atoms with Crippen LogP contribution in [0.4, 0.5) is 0 Å². The highest BCUT2D eigenvalue weighted by atomic mass is 15.2. The van der Waals surface area contributed by atoms with E-state index in [1.807, 2.05) is 36.4 Å². The molecule has 75 heavy (non-hydrogen) atoms. The molecular weight excluding hydrogens is 919 g/mol. The summed E-state index contributed by atoms with van der Waals surface area (Å²) in [4.78, 5) is 33.4. The Kier molecular flexibility index (Phi) is 8.84. The summed E-state index contributed by atoms with van der Waals surface area (Å²) in [6.07, 6.45) is 0. The zero-order valence-electron chi connectivity index (χ0n) is 40.0. The van der Waals surface area contributed by atoms with Crippen LogP contribution in [0.3, 0.4) is 0 Å². The lowest BCUT2D eigenvalue weighted by Gasteiger charge is -2.15. The van der Waals surface area contributed by atoms with Gasteiger partial charge in [0.15, 0.2) is 0 Å². The summed E-state index contributed by atoms with van der Waals surface area (Å²) in [5, 5.41) is 9.10. The molecule has 0 atom stereocenters. The van der Waals surface area contributed by atoms with Crippen molar-refractivity contribution in [1.82, 2.24) is 43.6 Å². The third-order valence-corrected chi connectivity index (χ3v) is 14.9. The minimum absolute atomic E-state index is 0.556. The van der Waals surface area contributed by atoms with Crippen molar-refractivity contribution in [3.8, 4) is 51.6 Å². The van der Waals surface area contributed by atoms with E-state index in [0.29, 0.717) is 17.8 Å². The smallest absolute Gasteiger partial charge is 0.235 e. The highest BCUT2D eigenvalue weighted by Gasteiger charge is 2.31. The summed E-state index contributed by atoms with van der Waals surface area (Å²) >= 11 is 0. The fourth-order valence-electron chi connectivity index (χ4n) is 11.7. The summed E-state index contributed by atoms with van der Waals surface area (Å²) in [7, 11) is 0. The van der Waals surface area contributed by atoms with E-state index < -0.39 is 0 Å². The van der Waals surface area contributed by atoms with E-state index in [1.165, 1.54) is 0 Å². The highest BCUT2D eigenvalue weighted by Crippen LogP contribution is 2.50. The van der Waals surface area contributed by atoms with Crippen molar-refractivity contribution < 1.29 is 0 Å². The minimum Gasteiger partial charge on any atom is -0.277 e. The zero-order chi connectivity index (χ0) is 49.1. The summed E-state index contributed by atoms with van der Waals surface area (Å²) < 4.78 is 6.87. The Morgan fingerprint density at radius 1 is 0.213 bits per heavy atom. The predicted molar refractivity (Wildman–Crippen MR) is 305 cm³/mol. The molecule has 0 radical (unpaired) electrons. The molecule has 0 amide bonds. The number of hydrogen-bond donors (Lipinski definition) is 0. The summed E-state index contributed by atoms with van der Waals surface area (Å²) in [6, 6.07) is 82.2. The number of aromatic nitrogens is 9. The topological polar surface area (TPSA) is 92.1 Å². The van der Waals surface area contributed by atoms with Crippen LogP contribution in [0.15, 0.2) is 237 Å². The van der Waals surface area contributed by atoms with E-state index in [2.05, 4.69) is 214 Å². The molecule has 10 aromatic carbocycles. The summed E-state index contributed by atoms with van der Waals surface area (Å²) in [5.74, 6) is 1.67. The van der Waals surface area contributed by atoms with Crippen molar-refractivity contribution in [2.45, 2.75) is 0 Å². The molecule has 0 spiro atoms. The van der Waals surface area contributed by atoms with Gasteiger partial charge in [0.2, 0.25) is 17.8 Å². The van der Waals surface area contributed by atoms with E-state index in [0.717, 1.165) is 132 Å². The molecule has 0 saturated carbocycles. The van der Waals surface area contributed by atoms with Crippen LogP contribution in [0, 0.1) is 0 Å². The molecule has 6 heterocycles. The maximum Gasteiger partial charge on any atom is 0.235 e. The molecule has 9 nitrogen and oxygen atoms in total. The third kappa shape index (κ3) is 6.06. The Labute approximate surface area is 427 Å². The highest BCUT2D eigenvalue weighted by molar-refractivity contribution is 6.40. The molecule has 0 N–H and O–H groups in total. The van der Waals surface area contributed by atoms with Gasteiger partial charge in [-0.25, -0.2) is 29.9 Å². The van der Waals surface area contributed by atoms with Crippen molar-refractivity contribution >= 4 is 98.1 Å². The van der Waals surface area contributed by atoms with E-state index in [9.17, 15) is 0 Å². The third-order valence-electron chi connectivity index (χ3n) is 14.9. The van der Waals surface area contributed by atoms with Crippen LogP contribution in [0.2, 0.25) is 0 Å². The van der Waals surface area contributed by atoms with Crippen molar-refractivity contribution in [3.63, 3.8) is 0 Å². The summed E-state index contributed by atoms with van der Waals surface area (Å²) in [6.45, 7) is 0. The van der Waals surface area contributed by atoms with Gasteiger partial charge in [-0.3, -0.25) is 13.7 Å². The maximum absolute atomic E-state index is 5.62. The molecular formula is C66H39N9. The van der Waals surface area contributed by atoms with Crippen LogP contribution < -0.4 is 0 Å². The minimum atomic E-state index is 0.556. The van der Waals surface area contributed by atoms with Gasteiger partial charge in [0, 0.05) is 65.2 Å². The van der Waals surface area contributed by atoms with Crippen LogP contribution in [0.1, 0.15) is 0 Å². The van der Waals surface area contributed by atoms with Gasteiger partial charge in [0.05, 0.1) is 66.7 Å². The lowest BCUT2D eigenvalue weighted by Crippen LogP contribution is -2.06. The Bertz CT molecular complexity index is 4470. The second-order valence-electron chi connectivity index (χ2n) is 19.0. The lowest BCUT2D eigenvalue weighted by atomic mass is 10.0. The van der Waals surface area contributed by atoms with Gasteiger partial charge >= 0.3 is 0 Å². The molecule has 348 valence electrons. The first kappa shape index (κ1) is 41.3. The molecule has 6 aromatic heterocycles. The summed E-state index contributed by atoms with van der Waals surface area (Å²) in [5.41, 5.74) is 13.8. The molecule has 0 aliphatic heterocycles. The first-order valence-corrected chi connectivity index (χ1v) is 25.1. The van der Waals surface area contributed by atoms with E-state index in [1.54, 1.807) is 0 Å². The lowest BCUT2D eigenvalue weighted by molar-refractivity contribution is 1.01. The number of fused-ring (bicyclic) bond motifs is 15. The van der Waals surface area contributed by atoms with Gasteiger partial charge in [0.25, 0.3) is 0 Å². The van der Waals surface area contributed by atoms with Crippen LogP contribution in [0.25, 0.3) is 150 Å². The van der Waals surface area contributed by atoms with Gasteiger partial charge < -0.3 is 0 Å². The van der Waals surface area contributed by atoms with Crippen molar-refractivity contribution in [2.24, 2.45) is 0 Å². The Morgan fingerprint density at radius 3 is 0.747 bits per heavy atom. The number of nitrogens with zero attached hydrogens (tertiary/aromatic N) is 9. The number of rotatable bonds is 6. The van der Waals surface area contributed by atoms with Crippen LogP contribution in [-0.4, -0.2) is 43.6 Å². The van der Waals surface area contributed by atoms with Crippen LogP contribution >= 0.6 is 0 Å². The van der Waals surface area contributed by atoms with Crippen molar-refractivity contribution in [3.05, 3.63) is 237 Å². The normalized spacial score (nSPS) is 12.0. The number of benzene rings is 10. The average molecular weight is 958 g/mol. The van der Waals surface area contributed by atoms with Crippen molar-refractivity contribution in [2.75, 3.05) is 0 Å². The second-order valence-corrected chi connectivity index (χ2v) is 19.0. The SMILES string of the molecule is c1ccc(-c2nc(-n3c4ccccc4c4c3c3c5ccccc5n(-c5nc(-c6ccccc6)c6ccccc6n5)c3c3c5ccccc5n(-c5nc(-c6ccccc6)c6ccccc6n5)c43)nc3ccccc23)cc1. The maximum atomic E-state index is 5.62. The standard InChI is InChI=1S/C66H39N9/c1-4-22-40(23-5-1)58-43-28-10-16-34-49(43)67-64(70-58)73-52-37-19-13-31-46(52)55-61(73)56-47-32-14-20-38-53(47)74(65-68-50-35-17-11-29-44(50)59(71-65)41-24-6-2-7-25-41)63(56)57-48-33-15-21-39-54(48)75(62(55)57)66-69-51-36-18-12-30-45(51)60(72-66)42-26-8-3-9-27-42/h1-39H. The quantitative estimate of drug-likeness (QED) is 0.165. The largest absolute Gasteiger partial charge is 0.277 e. The Morgan fingerprint density at radius 2 is 0.453 bits per heavy atom. The molecule has 16 aromatic rings. The predicted octanol–water partition coefficient (Wildman–Crippen LogP) is 15.8. The molecule has 0 aliphatic carbocycles. The first-order valence-electron chi connectivity index (χ1n) is 25.1. The number of hydrogen-bond acceptors (Lipinski definition) is 6. The fraction of sp³-hybridized carbons (Fsp3) is 0. The van der Waals surface area contributed by atoms with Gasteiger partial charge in [-0.2, -0.15) is 0 Å². The Balaban J connectivity index is 1.17. The monoisotopic (exact) mass is 957 g/mol. The fourth-order valence-corrected chi connectivity index (χ4v) is 11.7. The number of para-hydroxylation sites is 6. The van der Waals surface area contributed by atoms with Crippen LogP contribution in [0.5, 0.6) is 0 Å². The average Bonchev–Trinajstić information content (AvgIpc) is 4.16. The van der Waals surface area contributed by atoms with Gasteiger partial charge in [-0.15, -0.1) is 0 Å². The second kappa shape index (κ2) is 16.1. The molecule has 0 unspecified atom stereocenters. The molecule has 0 bridgehead atoms. The molecule has 9 heteroatoms. The molecule has 0 saturated heterocycles. The molecule has 0 fully saturated rings. The van der Waals surface area contributed by atoms with Crippen molar-refractivity contribution in [1.29, 1.82) is 0 Å². The van der Waals surface area contributed by atoms with E-state index in [4.69, 9.17) is 29.9 Å². The molecule has 0 aliphatic rings. The van der Waals surface area contributed by atoms with Gasteiger partial charge in [-0.1, -0.05) is 200 Å². The van der Waals surface area contributed by atoms with E-state index in [-0.39, 0.29) is 0 Å². The van der Waals surface area contributed by atoms with Gasteiger partial charge in [0.1, 0.15) is 0 Å². The zero-order valence-corrected chi connectivity index (χ0v) is 40.0. The van der Waals surface area contributed by atoms with Crippen LogP contribution in [-0.2, 0) is 0 Å². The van der Waals surface area contributed by atoms with Gasteiger partial charge in [-0.05, 0) is 36.4 Å². The molecule has 16 rings (SSSR count). The van der Waals surface area contributed by atoms with E-state index >= 15 is 0 Å². The Hall–Kier alpha value is -10.4. The first-order chi connectivity index (χ1) is 37.2.